The number of anilines is 1. The Morgan fingerprint density at radius 2 is 2.00 bits per heavy atom. The maximum atomic E-state index is 11.6. The van der Waals surface area contributed by atoms with Crippen LogP contribution in [0.2, 0.25) is 0 Å². The minimum atomic E-state index is -0.243. The lowest BCUT2D eigenvalue weighted by Crippen LogP contribution is -2.39. The van der Waals surface area contributed by atoms with E-state index in [0.29, 0.717) is 0 Å². The van der Waals surface area contributed by atoms with Crippen LogP contribution in [-0.4, -0.2) is 39.3 Å². The molecule has 0 saturated carbocycles. The molecule has 1 aromatic carbocycles. The largest absolute Gasteiger partial charge is 0.468 e. The average Bonchev–Trinajstić information content (AvgIpc) is 2.51. The fourth-order valence-electron chi connectivity index (χ4n) is 2.17. The van der Waals surface area contributed by atoms with Crippen molar-refractivity contribution in [3.8, 4) is 0 Å². The number of carbonyl (C=O) groups excluding carboxylic acids is 1. The number of carbonyl (C=O) groups is 1. The summed E-state index contributed by atoms with van der Waals surface area (Å²) in [7, 11) is 3.22. The third-order valence-corrected chi connectivity index (χ3v) is 3.42. The summed E-state index contributed by atoms with van der Waals surface area (Å²) in [6, 6.07) is 10.1. The molecule has 0 saturated heterocycles. The second-order valence-corrected chi connectivity index (χ2v) is 4.83. The second kappa shape index (κ2) is 9.37. The molecular formula is C16H26N2O2. The van der Waals surface area contributed by atoms with Crippen LogP contribution in [0.1, 0.15) is 26.2 Å². The Morgan fingerprint density at radius 3 is 2.55 bits per heavy atom. The van der Waals surface area contributed by atoms with E-state index in [1.807, 2.05) is 18.2 Å². The number of hydrogen-bond donors (Lipinski definition) is 1. The molecule has 0 spiro atoms. The van der Waals surface area contributed by atoms with Gasteiger partial charge in [0.05, 0.1) is 7.11 Å². The molecule has 0 amide bonds. The maximum absolute atomic E-state index is 11.6. The smallest absolute Gasteiger partial charge is 0.322 e. The van der Waals surface area contributed by atoms with Crippen molar-refractivity contribution in [2.75, 3.05) is 32.1 Å². The van der Waals surface area contributed by atoms with Crippen molar-refractivity contribution in [2.45, 2.75) is 32.2 Å². The van der Waals surface area contributed by atoms with Crippen molar-refractivity contribution in [3.05, 3.63) is 30.3 Å². The van der Waals surface area contributed by atoms with Crippen LogP contribution in [0.3, 0.4) is 0 Å². The molecule has 1 aromatic rings. The molecule has 0 aliphatic heterocycles. The van der Waals surface area contributed by atoms with Gasteiger partial charge in [-0.25, -0.2) is 0 Å². The highest BCUT2D eigenvalue weighted by Gasteiger charge is 2.18. The van der Waals surface area contributed by atoms with Crippen LogP contribution >= 0.6 is 0 Å². The Balaban J connectivity index is 2.63. The first-order valence-electron chi connectivity index (χ1n) is 7.28. The van der Waals surface area contributed by atoms with Crippen LogP contribution in [0.5, 0.6) is 0 Å². The number of para-hydroxylation sites is 1. The van der Waals surface area contributed by atoms with Crippen molar-refractivity contribution in [3.63, 3.8) is 0 Å². The van der Waals surface area contributed by atoms with Crippen LogP contribution < -0.4 is 10.2 Å². The third-order valence-electron chi connectivity index (χ3n) is 3.42. The van der Waals surface area contributed by atoms with Gasteiger partial charge < -0.3 is 15.0 Å². The van der Waals surface area contributed by atoms with E-state index in [1.165, 1.54) is 12.8 Å². The lowest BCUT2D eigenvalue weighted by Gasteiger charge is -2.26. The number of ether oxygens (including phenoxy) is 1. The Labute approximate surface area is 122 Å². The quantitative estimate of drug-likeness (QED) is 0.705. The first-order chi connectivity index (χ1) is 9.72. The number of rotatable bonds is 9. The van der Waals surface area contributed by atoms with Gasteiger partial charge in [0.25, 0.3) is 0 Å². The molecule has 0 heterocycles. The van der Waals surface area contributed by atoms with E-state index in [0.717, 1.165) is 32.4 Å². The number of nitrogens with zero attached hydrogens (tertiary/aromatic N) is 1. The Kier molecular flexibility index (Phi) is 7.73. The van der Waals surface area contributed by atoms with E-state index < -0.39 is 0 Å². The van der Waals surface area contributed by atoms with Gasteiger partial charge in [0.15, 0.2) is 0 Å². The summed E-state index contributed by atoms with van der Waals surface area (Å²) in [5, 5.41) is 3.01. The van der Waals surface area contributed by atoms with Gasteiger partial charge in [-0.15, -0.1) is 0 Å². The first-order valence-corrected chi connectivity index (χ1v) is 7.28. The molecule has 0 radical (unpaired) electrons. The van der Waals surface area contributed by atoms with E-state index in [2.05, 4.69) is 29.3 Å². The van der Waals surface area contributed by atoms with Gasteiger partial charge >= 0.3 is 5.97 Å². The fraction of sp³-hybridized carbons (Fsp3) is 0.562. The number of benzene rings is 1. The maximum Gasteiger partial charge on any atom is 0.322 e. The molecule has 1 atom stereocenters. The van der Waals surface area contributed by atoms with E-state index in [9.17, 15) is 4.79 Å². The van der Waals surface area contributed by atoms with Gasteiger partial charge in [-0.3, -0.25) is 4.79 Å². The molecule has 1 rings (SSSR count). The zero-order chi connectivity index (χ0) is 14.8. The molecule has 0 aromatic heterocycles. The molecule has 4 heteroatoms. The number of esters is 1. The van der Waals surface area contributed by atoms with E-state index in [-0.39, 0.29) is 12.0 Å². The third kappa shape index (κ3) is 5.21. The van der Waals surface area contributed by atoms with E-state index >= 15 is 0 Å². The van der Waals surface area contributed by atoms with Crippen molar-refractivity contribution in [1.82, 2.24) is 5.32 Å². The lowest BCUT2D eigenvalue weighted by molar-refractivity contribution is -0.143. The van der Waals surface area contributed by atoms with Gasteiger partial charge in [-0.2, -0.15) is 0 Å². The van der Waals surface area contributed by atoms with E-state index in [4.69, 9.17) is 4.74 Å². The van der Waals surface area contributed by atoms with Crippen LogP contribution in [0, 0.1) is 0 Å². The molecule has 20 heavy (non-hydrogen) atoms. The summed E-state index contributed by atoms with van der Waals surface area (Å²) < 4.78 is 4.80. The van der Waals surface area contributed by atoms with Gasteiger partial charge in [-0.05, 0) is 32.0 Å². The summed E-state index contributed by atoms with van der Waals surface area (Å²) in [5.74, 6) is -0.198. The molecule has 0 aliphatic carbocycles. The van der Waals surface area contributed by atoms with E-state index in [1.54, 1.807) is 7.05 Å². The summed E-state index contributed by atoms with van der Waals surface area (Å²) in [6.07, 6.45) is 3.05. The second-order valence-electron chi connectivity index (χ2n) is 4.83. The van der Waals surface area contributed by atoms with Gasteiger partial charge in [0, 0.05) is 18.8 Å². The van der Waals surface area contributed by atoms with Gasteiger partial charge in [0.2, 0.25) is 0 Å². The zero-order valence-corrected chi connectivity index (χ0v) is 12.8. The van der Waals surface area contributed by atoms with Crippen LogP contribution in [0.25, 0.3) is 0 Å². The van der Waals surface area contributed by atoms with Gasteiger partial charge in [-0.1, -0.05) is 31.5 Å². The molecule has 1 unspecified atom stereocenters. The molecular weight excluding hydrogens is 252 g/mol. The van der Waals surface area contributed by atoms with Gasteiger partial charge in [0.1, 0.15) is 6.04 Å². The van der Waals surface area contributed by atoms with Crippen molar-refractivity contribution in [2.24, 2.45) is 0 Å². The van der Waals surface area contributed by atoms with Crippen LogP contribution in [0.4, 0.5) is 5.69 Å². The molecule has 1 N–H and O–H groups in total. The summed E-state index contributed by atoms with van der Waals surface area (Å²) >= 11 is 0. The highest BCUT2D eigenvalue weighted by molar-refractivity contribution is 5.75. The number of unbranched alkanes of at least 4 members (excludes halogenated alkanes) is 1. The standard InChI is InChI=1S/C16H26N2O2/c1-4-5-12-18(14-9-7-6-8-10-14)13-11-15(17-2)16(19)20-3/h6-10,15,17H,4-5,11-13H2,1-3H3. The molecule has 0 aliphatic rings. The lowest BCUT2D eigenvalue weighted by atomic mass is 10.1. The highest BCUT2D eigenvalue weighted by Crippen LogP contribution is 2.15. The molecule has 0 bridgehead atoms. The number of likely N-dealkylation sites (N-methyl/N-ethyl adjacent to an activating group) is 1. The Hall–Kier alpha value is -1.55. The fourth-order valence-corrected chi connectivity index (χ4v) is 2.17. The van der Waals surface area contributed by atoms with Crippen LogP contribution in [-0.2, 0) is 9.53 Å². The SMILES string of the molecule is CCCCN(CCC(NC)C(=O)OC)c1ccccc1. The normalized spacial score (nSPS) is 11.9. The number of nitrogens with one attached hydrogen (secondary N) is 1. The minimum absolute atomic E-state index is 0.198. The van der Waals surface area contributed by atoms with Crippen molar-refractivity contribution >= 4 is 11.7 Å². The summed E-state index contributed by atoms with van der Waals surface area (Å²) in [5.41, 5.74) is 1.21. The minimum Gasteiger partial charge on any atom is -0.468 e. The zero-order valence-electron chi connectivity index (χ0n) is 12.8. The summed E-state index contributed by atoms with van der Waals surface area (Å²) in [6.45, 7) is 4.04. The topological polar surface area (TPSA) is 41.6 Å². The Bertz CT molecular complexity index is 381. The number of methoxy groups -OCH3 is 1. The van der Waals surface area contributed by atoms with Crippen LogP contribution in [0.15, 0.2) is 30.3 Å². The first kappa shape index (κ1) is 16.5. The highest BCUT2D eigenvalue weighted by atomic mass is 16.5. The number of hydrogen-bond acceptors (Lipinski definition) is 4. The summed E-state index contributed by atoms with van der Waals surface area (Å²) in [4.78, 5) is 13.9. The van der Waals surface area contributed by atoms with Crippen molar-refractivity contribution < 1.29 is 9.53 Å². The predicted octanol–water partition coefficient (Wildman–Crippen LogP) is 2.44. The molecule has 112 valence electrons. The molecule has 0 fully saturated rings. The predicted molar refractivity (Wildman–Crippen MR) is 83.0 cm³/mol. The average molecular weight is 278 g/mol. The van der Waals surface area contributed by atoms with Crippen molar-refractivity contribution in [1.29, 1.82) is 0 Å². The Morgan fingerprint density at radius 1 is 1.30 bits per heavy atom. The molecule has 4 nitrogen and oxygen atoms in total. The monoisotopic (exact) mass is 278 g/mol.